The summed E-state index contributed by atoms with van der Waals surface area (Å²) in [5, 5.41) is 0. The molecule has 2 rings (SSSR count). The first-order valence-electron chi connectivity index (χ1n) is 5.96. The van der Waals surface area contributed by atoms with Crippen molar-refractivity contribution in [2.45, 2.75) is 32.7 Å². The van der Waals surface area contributed by atoms with Gasteiger partial charge in [-0.1, -0.05) is 6.92 Å². The molecule has 2 N–H and O–H groups in total. The summed E-state index contributed by atoms with van der Waals surface area (Å²) in [4.78, 5) is 11.0. The molecule has 0 bridgehead atoms. The van der Waals surface area contributed by atoms with Crippen molar-refractivity contribution in [3.05, 3.63) is 18.0 Å². The van der Waals surface area contributed by atoms with Gasteiger partial charge in [-0.25, -0.2) is 9.97 Å². The SMILES string of the molecule is Cc1cnc(N2CCC(C)CC2CN)nc1. The molecule has 0 radical (unpaired) electrons. The maximum absolute atomic E-state index is 5.83. The Morgan fingerprint density at radius 1 is 1.44 bits per heavy atom. The predicted molar refractivity (Wildman–Crippen MR) is 65.4 cm³/mol. The van der Waals surface area contributed by atoms with Crippen LogP contribution in [0.1, 0.15) is 25.3 Å². The fourth-order valence-electron chi connectivity index (χ4n) is 2.27. The molecule has 4 nitrogen and oxygen atoms in total. The average Bonchev–Trinajstić information content (AvgIpc) is 2.30. The van der Waals surface area contributed by atoms with Crippen LogP contribution in [-0.4, -0.2) is 29.1 Å². The highest BCUT2D eigenvalue weighted by Gasteiger charge is 2.26. The number of rotatable bonds is 2. The third-order valence-corrected chi connectivity index (χ3v) is 3.27. The van der Waals surface area contributed by atoms with Crippen molar-refractivity contribution in [2.24, 2.45) is 11.7 Å². The van der Waals surface area contributed by atoms with Crippen molar-refractivity contribution in [2.75, 3.05) is 18.0 Å². The number of aryl methyl sites for hydroxylation is 1. The summed E-state index contributed by atoms with van der Waals surface area (Å²) >= 11 is 0. The van der Waals surface area contributed by atoms with Crippen LogP contribution in [0.15, 0.2) is 12.4 Å². The molecule has 1 fully saturated rings. The van der Waals surface area contributed by atoms with Gasteiger partial charge in [-0.3, -0.25) is 0 Å². The van der Waals surface area contributed by atoms with Crippen molar-refractivity contribution in [3.63, 3.8) is 0 Å². The number of anilines is 1. The molecule has 0 aliphatic carbocycles. The van der Waals surface area contributed by atoms with Gasteiger partial charge in [0.25, 0.3) is 0 Å². The monoisotopic (exact) mass is 220 g/mol. The Hall–Kier alpha value is -1.16. The molecule has 16 heavy (non-hydrogen) atoms. The van der Waals surface area contributed by atoms with Gasteiger partial charge in [0.2, 0.25) is 5.95 Å². The molecular weight excluding hydrogens is 200 g/mol. The maximum Gasteiger partial charge on any atom is 0.225 e. The molecule has 1 saturated heterocycles. The van der Waals surface area contributed by atoms with E-state index >= 15 is 0 Å². The van der Waals surface area contributed by atoms with E-state index in [1.807, 2.05) is 19.3 Å². The third-order valence-electron chi connectivity index (χ3n) is 3.27. The second-order valence-electron chi connectivity index (χ2n) is 4.77. The summed E-state index contributed by atoms with van der Waals surface area (Å²) in [6, 6.07) is 0.395. The van der Waals surface area contributed by atoms with E-state index < -0.39 is 0 Å². The molecule has 0 saturated carbocycles. The summed E-state index contributed by atoms with van der Waals surface area (Å²) in [6.45, 7) is 5.99. The minimum absolute atomic E-state index is 0.395. The van der Waals surface area contributed by atoms with Crippen molar-refractivity contribution >= 4 is 5.95 Å². The zero-order valence-corrected chi connectivity index (χ0v) is 10.1. The average molecular weight is 220 g/mol. The van der Waals surface area contributed by atoms with E-state index in [1.165, 1.54) is 6.42 Å². The van der Waals surface area contributed by atoms with Gasteiger partial charge in [0, 0.05) is 31.5 Å². The molecule has 1 aliphatic heterocycles. The van der Waals surface area contributed by atoms with Crippen LogP contribution >= 0.6 is 0 Å². The van der Waals surface area contributed by atoms with Crippen LogP contribution in [0.25, 0.3) is 0 Å². The van der Waals surface area contributed by atoms with E-state index in [0.29, 0.717) is 12.6 Å². The second-order valence-corrected chi connectivity index (χ2v) is 4.77. The Morgan fingerprint density at radius 3 is 2.75 bits per heavy atom. The number of nitrogens with two attached hydrogens (primary N) is 1. The van der Waals surface area contributed by atoms with Gasteiger partial charge in [-0.05, 0) is 31.2 Å². The number of hydrogen-bond acceptors (Lipinski definition) is 4. The lowest BCUT2D eigenvalue weighted by molar-refractivity contribution is 0.363. The summed E-state index contributed by atoms with van der Waals surface area (Å²) in [5.74, 6) is 1.59. The van der Waals surface area contributed by atoms with Crippen LogP contribution in [-0.2, 0) is 0 Å². The molecule has 88 valence electrons. The van der Waals surface area contributed by atoms with Crippen LogP contribution in [0.5, 0.6) is 0 Å². The number of piperidine rings is 1. The topological polar surface area (TPSA) is 55.0 Å². The van der Waals surface area contributed by atoms with E-state index in [0.717, 1.165) is 30.4 Å². The van der Waals surface area contributed by atoms with Gasteiger partial charge in [0.1, 0.15) is 0 Å². The molecule has 2 heterocycles. The van der Waals surface area contributed by atoms with Crippen LogP contribution < -0.4 is 10.6 Å². The highest BCUT2D eigenvalue weighted by molar-refractivity contribution is 5.32. The fraction of sp³-hybridized carbons (Fsp3) is 0.667. The molecule has 1 aromatic rings. The fourth-order valence-corrected chi connectivity index (χ4v) is 2.27. The molecule has 2 unspecified atom stereocenters. The summed E-state index contributed by atoms with van der Waals surface area (Å²) in [7, 11) is 0. The van der Waals surface area contributed by atoms with Crippen LogP contribution in [0, 0.1) is 12.8 Å². The second kappa shape index (κ2) is 4.78. The van der Waals surface area contributed by atoms with E-state index in [9.17, 15) is 0 Å². The Kier molecular flexibility index (Phi) is 3.39. The zero-order chi connectivity index (χ0) is 11.5. The molecule has 1 aliphatic rings. The summed E-state index contributed by atoms with van der Waals surface area (Å²) < 4.78 is 0. The van der Waals surface area contributed by atoms with Crippen molar-refractivity contribution < 1.29 is 0 Å². The van der Waals surface area contributed by atoms with Gasteiger partial charge < -0.3 is 10.6 Å². The first kappa shape index (κ1) is 11.3. The number of aromatic nitrogens is 2. The van der Waals surface area contributed by atoms with Gasteiger partial charge in [-0.2, -0.15) is 0 Å². The zero-order valence-electron chi connectivity index (χ0n) is 10.1. The lowest BCUT2D eigenvalue weighted by Gasteiger charge is -2.37. The van der Waals surface area contributed by atoms with Gasteiger partial charge in [0.05, 0.1) is 0 Å². The maximum atomic E-state index is 5.83. The van der Waals surface area contributed by atoms with Crippen LogP contribution in [0.4, 0.5) is 5.95 Å². The molecule has 0 amide bonds. The molecule has 1 aromatic heterocycles. The van der Waals surface area contributed by atoms with Crippen molar-refractivity contribution in [3.8, 4) is 0 Å². The summed E-state index contributed by atoms with van der Waals surface area (Å²) in [6.07, 6.45) is 6.09. The van der Waals surface area contributed by atoms with Gasteiger partial charge >= 0.3 is 0 Å². The standard InChI is InChI=1S/C12H20N4/c1-9-3-4-16(11(5-9)6-13)12-14-7-10(2)8-15-12/h7-9,11H,3-6,13H2,1-2H3. The number of hydrogen-bond donors (Lipinski definition) is 1. The Morgan fingerprint density at radius 2 is 2.12 bits per heavy atom. The minimum Gasteiger partial charge on any atom is -0.337 e. The lowest BCUT2D eigenvalue weighted by atomic mass is 9.93. The van der Waals surface area contributed by atoms with Crippen LogP contribution in [0.3, 0.4) is 0 Å². The van der Waals surface area contributed by atoms with Crippen molar-refractivity contribution in [1.82, 2.24) is 9.97 Å². The third kappa shape index (κ3) is 2.32. The van der Waals surface area contributed by atoms with Crippen LogP contribution in [0.2, 0.25) is 0 Å². The van der Waals surface area contributed by atoms with E-state index in [-0.39, 0.29) is 0 Å². The van der Waals surface area contributed by atoms with Crippen molar-refractivity contribution in [1.29, 1.82) is 0 Å². The molecule has 0 spiro atoms. The normalized spacial score (nSPS) is 25.8. The molecule has 4 heteroatoms. The van der Waals surface area contributed by atoms with E-state index in [2.05, 4.69) is 21.8 Å². The largest absolute Gasteiger partial charge is 0.337 e. The van der Waals surface area contributed by atoms with E-state index in [4.69, 9.17) is 5.73 Å². The minimum atomic E-state index is 0.395. The number of nitrogens with zero attached hydrogens (tertiary/aromatic N) is 3. The Balaban J connectivity index is 2.15. The first-order chi connectivity index (χ1) is 7.70. The smallest absolute Gasteiger partial charge is 0.225 e. The Labute approximate surface area is 96.9 Å². The predicted octanol–water partition coefficient (Wildman–Crippen LogP) is 1.35. The molecule has 0 aromatic carbocycles. The quantitative estimate of drug-likeness (QED) is 0.817. The molecule has 2 atom stereocenters. The highest BCUT2D eigenvalue weighted by Crippen LogP contribution is 2.24. The van der Waals surface area contributed by atoms with Gasteiger partial charge in [-0.15, -0.1) is 0 Å². The highest BCUT2D eigenvalue weighted by atomic mass is 15.3. The molecular formula is C12H20N4. The lowest BCUT2D eigenvalue weighted by Crippen LogP contribution is -2.47. The first-order valence-corrected chi connectivity index (χ1v) is 5.96. The Bertz CT molecular complexity index is 335. The van der Waals surface area contributed by atoms with E-state index in [1.54, 1.807) is 0 Å². The van der Waals surface area contributed by atoms with Gasteiger partial charge in [0.15, 0.2) is 0 Å². The summed E-state index contributed by atoms with van der Waals surface area (Å²) in [5.41, 5.74) is 6.92.